The Morgan fingerprint density at radius 2 is 1.81 bits per heavy atom. The van der Waals surface area contributed by atoms with Crippen molar-refractivity contribution >= 4 is 11.9 Å². The lowest BCUT2D eigenvalue weighted by atomic mass is 10.0. The van der Waals surface area contributed by atoms with Gasteiger partial charge in [0.2, 0.25) is 5.91 Å². The average molecular weight is 301 g/mol. The number of amides is 1. The van der Waals surface area contributed by atoms with Crippen LogP contribution in [0.4, 0.5) is 13.2 Å². The molecular formula is C14H14F3NO3. The molecule has 0 bridgehead atoms. The van der Waals surface area contributed by atoms with Gasteiger partial charge >= 0.3 is 5.97 Å². The number of nitrogens with zero attached hydrogens (tertiary/aromatic N) is 1. The summed E-state index contributed by atoms with van der Waals surface area (Å²) < 4.78 is 39.4. The van der Waals surface area contributed by atoms with Crippen LogP contribution in [0.3, 0.4) is 0 Å². The third-order valence-electron chi connectivity index (χ3n) is 3.54. The second kappa shape index (κ2) is 6.15. The number of carboxylic acid groups (broad SMARTS) is 1. The second-order valence-corrected chi connectivity index (χ2v) is 4.97. The number of carbonyl (C=O) groups excluding carboxylic acids is 1. The number of hydrogen-bond donors (Lipinski definition) is 1. The van der Waals surface area contributed by atoms with E-state index in [1.807, 2.05) is 0 Å². The molecule has 114 valence electrons. The Labute approximate surface area is 119 Å². The van der Waals surface area contributed by atoms with Gasteiger partial charge in [0.1, 0.15) is 11.9 Å². The van der Waals surface area contributed by atoms with Crippen molar-refractivity contribution in [3.63, 3.8) is 0 Å². The van der Waals surface area contributed by atoms with Crippen molar-refractivity contribution in [2.24, 2.45) is 0 Å². The van der Waals surface area contributed by atoms with E-state index in [-0.39, 0.29) is 12.1 Å². The SMILES string of the molecule is O=C(O)C1CCCCN1C(=O)Cc1cc(F)c(F)cc1F. The van der Waals surface area contributed by atoms with Crippen LogP contribution in [0.25, 0.3) is 0 Å². The molecule has 1 atom stereocenters. The first-order chi connectivity index (χ1) is 9.90. The summed E-state index contributed by atoms with van der Waals surface area (Å²) in [5.41, 5.74) is -0.284. The van der Waals surface area contributed by atoms with E-state index in [1.54, 1.807) is 0 Å². The van der Waals surface area contributed by atoms with Gasteiger partial charge in [-0.15, -0.1) is 0 Å². The maximum absolute atomic E-state index is 13.5. The van der Waals surface area contributed by atoms with Crippen LogP contribution in [0.1, 0.15) is 24.8 Å². The quantitative estimate of drug-likeness (QED) is 0.870. The fourth-order valence-electron chi connectivity index (χ4n) is 2.45. The largest absolute Gasteiger partial charge is 0.480 e. The number of likely N-dealkylation sites (tertiary alicyclic amines) is 1. The third kappa shape index (κ3) is 3.34. The zero-order valence-corrected chi connectivity index (χ0v) is 11.1. The molecule has 1 aliphatic heterocycles. The normalized spacial score (nSPS) is 18.6. The lowest BCUT2D eigenvalue weighted by molar-refractivity contribution is -0.151. The number of piperidine rings is 1. The Bertz CT molecular complexity index is 577. The highest BCUT2D eigenvalue weighted by atomic mass is 19.2. The molecule has 7 heteroatoms. The van der Waals surface area contributed by atoms with Crippen LogP contribution < -0.4 is 0 Å². The Balaban J connectivity index is 2.17. The van der Waals surface area contributed by atoms with E-state index in [1.165, 1.54) is 0 Å². The molecule has 1 heterocycles. The van der Waals surface area contributed by atoms with Crippen molar-refractivity contribution in [3.8, 4) is 0 Å². The number of benzene rings is 1. The molecule has 0 spiro atoms. The van der Waals surface area contributed by atoms with E-state index < -0.39 is 41.8 Å². The van der Waals surface area contributed by atoms with E-state index in [0.29, 0.717) is 31.4 Å². The molecule has 0 aliphatic carbocycles. The van der Waals surface area contributed by atoms with Crippen LogP contribution in [0, 0.1) is 17.5 Å². The number of halogens is 3. The fraction of sp³-hybridized carbons (Fsp3) is 0.429. The lowest BCUT2D eigenvalue weighted by Crippen LogP contribution is -2.48. The van der Waals surface area contributed by atoms with E-state index in [2.05, 4.69) is 0 Å². The molecule has 4 nitrogen and oxygen atoms in total. The highest BCUT2D eigenvalue weighted by molar-refractivity contribution is 5.85. The predicted octanol–water partition coefficient (Wildman–Crippen LogP) is 2.11. The van der Waals surface area contributed by atoms with Crippen molar-refractivity contribution in [3.05, 3.63) is 35.1 Å². The molecule has 1 unspecified atom stereocenters. The smallest absolute Gasteiger partial charge is 0.326 e. The molecular weight excluding hydrogens is 287 g/mol. The summed E-state index contributed by atoms with van der Waals surface area (Å²) in [6.07, 6.45) is 1.20. The van der Waals surface area contributed by atoms with E-state index in [9.17, 15) is 22.8 Å². The van der Waals surface area contributed by atoms with E-state index >= 15 is 0 Å². The summed E-state index contributed by atoms with van der Waals surface area (Å²) in [5.74, 6) is -5.32. The molecule has 1 aliphatic rings. The minimum Gasteiger partial charge on any atom is -0.480 e. The summed E-state index contributed by atoms with van der Waals surface area (Å²) >= 11 is 0. The van der Waals surface area contributed by atoms with Crippen molar-refractivity contribution in [1.29, 1.82) is 0 Å². The maximum atomic E-state index is 13.5. The van der Waals surface area contributed by atoms with Gasteiger partial charge in [0, 0.05) is 18.2 Å². The summed E-state index contributed by atoms with van der Waals surface area (Å²) in [7, 11) is 0. The van der Waals surface area contributed by atoms with Crippen LogP contribution in [-0.4, -0.2) is 34.5 Å². The summed E-state index contributed by atoms with van der Waals surface area (Å²) in [5, 5.41) is 9.08. The van der Waals surface area contributed by atoms with Crippen LogP contribution in [0.5, 0.6) is 0 Å². The molecule has 1 fully saturated rings. The lowest BCUT2D eigenvalue weighted by Gasteiger charge is -2.33. The van der Waals surface area contributed by atoms with E-state index in [4.69, 9.17) is 5.11 Å². The number of hydrogen-bond acceptors (Lipinski definition) is 2. The minimum atomic E-state index is -1.33. The van der Waals surface area contributed by atoms with Gasteiger partial charge in [0.15, 0.2) is 11.6 Å². The van der Waals surface area contributed by atoms with Gasteiger partial charge in [-0.2, -0.15) is 0 Å². The monoisotopic (exact) mass is 301 g/mol. The molecule has 1 amide bonds. The van der Waals surface area contributed by atoms with Crippen molar-refractivity contribution in [2.45, 2.75) is 31.7 Å². The Hall–Kier alpha value is -2.05. The second-order valence-electron chi connectivity index (χ2n) is 4.97. The van der Waals surface area contributed by atoms with Gasteiger partial charge in [-0.25, -0.2) is 18.0 Å². The molecule has 0 aromatic heterocycles. The Morgan fingerprint density at radius 1 is 1.14 bits per heavy atom. The van der Waals surface area contributed by atoms with Crippen LogP contribution in [0.2, 0.25) is 0 Å². The first-order valence-electron chi connectivity index (χ1n) is 6.56. The fourth-order valence-corrected chi connectivity index (χ4v) is 2.45. The number of rotatable bonds is 3. The molecule has 0 radical (unpaired) electrons. The van der Waals surface area contributed by atoms with Gasteiger partial charge in [0.25, 0.3) is 0 Å². The zero-order valence-electron chi connectivity index (χ0n) is 11.1. The first kappa shape index (κ1) is 15.3. The van der Waals surface area contributed by atoms with Crippen LogP contribution >= 0.6 is 0 Å². The third-order valence-corrected chi connectivity index (χ3v) is 3.54. The molecule has 1 aromatic rings. The van der Waals surface area contributed by atoms with Crippen LogP contribution in [-0.2, 0) is 16.0 Å². The molecule has 21 heavy (non-hydrogen) atoms. The van der Waals surface area contributed by atoms with Gasteiger partial charge in [-0.05, 0) is 25.3 Å². The predicted molar refractivity (Wildman–Crippen MR) is 67.0 cm³/mol. The molecule has 1 N–H and O–H groups in total. The zero-order chi connectivity index (χ0) is 15.6. The minimum absolute atomic E-state index is 0.265. The number of carbonyl (C=O) groups is 2. The number of carboxylic acids is 1. The summed E-state index contributed by atoms with van der Waals surface area (Å²) in [4.78, 5) is 24.4. The van der Waals surface area contributed by atoms with Crippen molar-refractivity contribution < 1.29 is 27.9 Å². The first-order valence-corrected chi connectivity index (χ1v) is 6.56. The van der Waals surface area contributed by atoms with E-state index in [0.717, 1.165) is 4.90 Å². The molecule has 1 aromatic carbocycles. The average Bonchev–Trinajstić information content (AvgIpc) is 2.44. The van der Waals surface area contributed by atoms with Gasteiger partial charge < -0.3 is 10.0 Å². The summed E-state index contributed by atoms with van der Waals surface area (Å²) in [6.45, 7) is 0.265. The summed E-state index contributed by atoms with van der Waals surface area (Å²) in [6, 6.07) is 0.0603. The van der Waals surface area contributed by atoms with Crippen molar-refractivity contribution in [2.75, 3.05) is 6.54 Å². The van der Waals surface area contributed by atoms with Crippen molar-refractivity contribution in [1.82, 2.24) is 4.90 Å². The Kier molecular flexibility index (Phi) is 4.50. The molecule has 2 rings (SSSR count). The molecule has 1 saturated heterocycles. The van der Waals surface area contributed by atoms with Gasteiger partial charge in [0.05, 0.1) is 6.42 Å². The highest BCUT2D eigenvalue weighted by Gasteiger charge is 2.32. The standard InChI is InChI=1S/C14H14F3NO3/c15-9-7-11(17)10(16)5-8(9)6-13(19)18-4-2-1-3-12(18)14(20)21/h5,7,12H,1-4,6H2,(H,20,21). The maximum Gasteiger partial charge on any atom is 0.326 e. The molecule has 0 saturated carbocycles. The van der Waals surface area contributed by atoms with Gasteiger partial charge in [-0.1, -0.05) is 0 Å². The topological polar surface area (TPSA) is 57.6 Å². The van der Waals surface area contributed by atoms with Crippen LogP contribution in [0.15, 0.2) is 12.1 Å². The Morgan fingerprint density at radius 3 is 2.48 bits per heavy atom. The van der Waals surface area contributed by atoms with Gasteiger partial charge in [-0.3, -0.25) is 4.79 Å². The highest BCUT2D eigenvalue weighted by Crippen LogP contribution is 2.20. The number of aliphatic carboxylic acids is 1.